The topological polar surface area (TPSA) is 49.4 Å². The molecule has 1 aliphatic rings. The number of carbonyl (C=O) groups excluding carboxylic acids is 2. The van der Waals surface area contributed by atoms with Crippen LogP contribution in [-0.2, 0) is 16.0 Å². The van der Waals surface area contributed by atoms with Crippen molar-refractivity contribution in [1.82, 2.24) is 4.90 Å². The highest BCUT2D eigenvalue weighted by Crippen LogP contribution is 2.22. The number of amides is 2. The van der Waals surface area contributed by atoms with Crippen LogP contribution in [0.5, 0.6) is 0 Å². The zero-order chi connectivity index (χ0) is 18.5. The number of anilines is 1. The Kier molecular flexibility index (Phi) is 5.66. The van der Waals surface area contributed by atoms with E-state index in [2.05, 4.69) is 5.32 Å². The van der Waals surface area contributed by atoms with Gasteiger partial charge in [0.15, 0.2) is 0 Å². The number of hydrogen-bond acceptors (Lipinski definition) is 2. The Morgan fingerprint density at radius 2 is 1.65 bits per heavy atom. The lowest BCUT2D eigenvalue weighted by Gasteiger charge is -2.31. The molecule has 0 spiro atoms. The zero-order valence-electron chi connectivity index (χ0n) is 14.9. The second-order valence-corrected chi connectivity index (χ2v) is 6.89. The average molecular weight is 354 g/mol. The van der Waals surface area contributed by atoms with E-state index in [1.165, 1.54) is 12.1 Å². The van der Waals surface area contributed by atoms with E-state index in [0.717, 1.165) is 30.4 Å². The van der Waals surface area contributed by atoms with Crippen LogP contribution in [0.25, 0.3) is 0 Å². The van der Waals surface area contributed by atoms with Gasteiger partial charge in [0.05, 0.1) is 0 Å². The molecule has 0 unspecified atom stereocenters. The first-order chi connectivity index (χ1) is 12.5. The normalized spacial score (nSPS) is 14.9. The first kappa shape index (κ1) is 18.1. The molecule has 136 valence electrons. The summed E-state index contributed by atoms with van der Waals surface area (Å²) in [5, 5.41) is 2.66. The van der Waals surface area contributed by atoms with Crippen LogP contribution in [0.1, 0.15) is 24.0 Å². The SMILES string of the molecule is Cc1ccc(NC(=O)C(=O)N2CCC(Cc3ccc(F)cc3)CC2)cc1. The van der Waals surface area contributed by atoms with E-state index >= 15 is 0 Å². The largest absolute Gasteiger partial charge is 0.334 e. The number of aryl methyl sites for hydroxylation is 1. The molecule has 1 saturated heterocycles. The van der Waals surface area contributed by atoms with Gasteiger partial charge in [-0.2, -0.15) is 0 Å². The molecule has 0 atom stereocenters. The van der Waals surface area contributed by atoms with Crippen LogP contribution in [0.3, 0.4) is 0 Å². The Bertz CT molecular complexity index is 764. The van der Waals surface area contributed by atoms with E-state index in [0.29, 0.717) is 24.7 Å². The molecule has 3 rings (SSSR count). The number of piperidine rings is 1. The molecule has 1 N–H and O–H groups in total. The molecule has 0 bridgehead atoms. The molecule has 2 aromatic rings. The van der Waals surface area contributed by atoms with Crippen LogP contribution >= 0.6 is 0 Å². The lowest BCUT2D eigenvalue weighted by atomic mass is 9.90. The average Bonchev–Trinajstić information content (AvgIpc) is 2.65. The molecule has 5 heteroatoms. The summed E-state index contributed by atoms with van der Waals surface area (Å²) in [6.07, 6.45) is 2.57. The number of nitrogens with one attached hydrogen (secondary N) is 1. The highest BCUT2D eigenvalue weighted by molar-refractivity contribution is 6.39. The summed E-state index contributed by atoms with van der Waals surface area (Å²) < 4.78 is 13.0. The van der Waals surface area contributed by atoms with Crippen molar-refractivity contribution in [3.8, 4) is 0 Å². The predicted octanol–water partition coefficient (Wildman–Crippen LogP) is 3.55. The van der Waals surface area contributed by atoms with Gasteiger partial charge < -0.3 is 10.2 Å². The molecule has 1 fully saturated rings. The first-order valence-corrected chi connectivity index (χ1v) is 8.92. The second kappa shape index (κ2) is 8.13. The Morgan fingerprint density at radius 3 is 2.27 bits per heavy atom. The van der Waals surface area contributed by atoms with E-state index in [1.807, 2.05) is 31.2 Å². The van der Waals surface area contributed by atoms with E-state index in [4.69, 9.17) is 0 Å². The molecular weight excluding hydrogens is 331 g/mol. The van der Waals surface area contributed by atoms with Gasteiger partial charge in [-0.1, -0.05) is 29.8 Å². The van der Waals surface area contributed by atoms with Gasteiger partial charge in [-0.3, -0.25) is 9.59 Å². The van der Waals surface area contributed by atoms with Gasteiger partial charge in [-0.15, -0.1) is 0 Å². The molecule has 0 radical (unpaired) electrons. The smallest absolute Gasteiger partial charge is 0.313 e. The van der Waals surface area contributed by atoms with Crippen molar-refractivity contribution < 1.29 is 14.0 Å². The number of hydrogen-bond donors (Lipinski definition) is 1. The van der Waals surface area contributed by atoms with Gasteiger partial charge in [0, 0.05) is 18.8 Å². The first-order valence-electron chi connectivity index (χ1n) is 8.92. The van der Waals surface area contributed by atoms with Gasteiger partial charge in [-0.05, 0) is 61.9 Å². The number of nitrogens with zero attached hydrogens (tertiary/aromatic N) is 1. The fraction of sp³-hybridized carbons (Fsp3) is 0.333. The van der Waals surface area contributed by atoms with Crippen LogP contribution in [0.4, 0.5) is 10.1 Å². The molecule has 4 nitrogen and oxygen atoms in total. The van der Waals surface area contributed by atoms with E-state index in [1.54, 1.807) is 17.0 Å². The molecule has 0 aromatic heterocycles. The van der Waals surface area contributed by atoms with Crippen LogP contribution in [0.2, 0.25) is 0 Å². The Morgan fingerprint density at radius 1 is 1.04 bits per heavy atom. The zero-order valence-corrected chi connectivity index (χ0v) is 14.9. The third-order valence-electron chi connectivity index (χ3n) is 4.84. The minimum absolute atomic E-state index is 0.228. The summed E-state index contributed by atoms with van der Waals surface area (Å²) in [5.41, 5.74) is 2.82. The van der Waals surface area contributed by atoms with Gasteiger partial charge >= 0.3 is 11.8 Å². The molecule has 26 heavy (non-hydrogen) atoms. The summed E-state index contributed by atoms with van der Waals surface area (Å²) in [5.74, 6) is -0.852. The third-order valence-corrected chi connectivity index (χ3v) is 4.84. The molecule has 2 amide bonds. The molecule has 1 aliphatic heterocycles. The van der Waals surface area contributed by atoms with Crippen molar-refractivity contribution in [3.63, 3.8) is 0 Å². The molecule has 0 saturated carbocycles. The van der Waals surface area contributed by atoms with E-state index < -0.39 is 11.8 Å². The molecule has 0 aliphatic carbocycles. The quantitative estimate of drug-likeness (QED) is 0.857. The lowest BCUT2D eigenvalue weighted by Crippen LogP contribution is -2.44. The van der Waals surface area contributed by atoms with Gasteiger partial charge in [0.1, 0.15) is 5.82 Å². The van der Waals surface area contributed by atoms with Crippen molar-refractivity contribution in [2.24, 2.45) is 5.92 Å². The maximum Gasteiger partial charge on any atom is 0.313 e. The fourth-order valence-electron chi connectivity index (χ4n) is 3.26. The van der Waals surface area contributed by atoms with Crippen LogP contribution in [0, 0.1) is 18.7 Å². The maximum atomic E-state index is 13.0. The summed E-state index contributed by atoms with van der Waals surface area (Å²) in [7, 11) is 0. The molecule has 2 aromatic carbocycles. The van der Waals surface area contributed by atoms with E-state index in [-0.39, 0.29) is 5.82 Å². The van der Waals surface area contributed by atoms with Crippen LogP contribution < -0.4 is 5.32 Å². The summed E-state index contributed by atoms with van der Waals surface area (Å²) in [6, 6.07) is 13.9. The predicted molar refractivity (Wildman–Crippen MR) is 99.2 cm³/mol. The van der Waals surface area contributed by atoms with Gasteiger partial charge in [0.2, 0.25) is 0 Å². The minimum Gasteiger partial charge on any atom is -0.334 e. The highest BCUT2D eigenvalue weighted by atomic mass is 19.1. The third kappa shape index (κ3) is 4.69. The summed E-state index contributed by atoms with van der Waals surface area (Å²) in [4.78, 5) is 26.1. The number of benzene rings is 2. The Labute approximate surface area is 153 Å². The summed E-state index contributed by atoms with van der Waals surface area (Å²) >= 11 is 0. The summed E-state index contributed by atoms with van der Waals surface area (Å²) in [6.45, 7) is 3.12. The number of carbonyl (C=O) groups is 2. The number of likely N-dealkylation sites (tertiary alicyclic amines) is 1. The van der Waals surface area contributed by atoms with Crippen LogP contribution in [0.15, 0.2) is 48.5 Å². The van der Waals surface area contributed by atoms with Gasteiger partial charge in [-0.25, -0.2) is 4.39 Å². The fourth-order valence-corrected chi connectivity index (χ4v) is 3.26. The maximum absolute atomic E-state index is 13.0. The lowest BCUT2D eigenvalue weighted by molar-refractivity contribution is -0.144. The minimum atomic E-state index is -0.592. The standard InChI is InChI=1S/C21H23FN2O2/c1-15-2-8-19(9-3-15)23-20(25)21(26)24-12-10-17(11-13-24)14-16-4-6-18(22)7-5-16/h2-9,17H,10-14H2,1H3,(H,23,25). The number of rotatable bonds is 3. The second-order valence-electron chi connectivity index (χ2n) is 6.89. The van der Waals surface area contributed by atoms with Crippen LogP contribution in [-0.4, -0.2) is 29.8 Å². The highest BCUT2D eigenvalue weighted by Gasteiger charge is 2.27. The molecule has 1 heterocycles. The molecular formula is C21H23FN2O2. The van der Waals surface area contributed by atoms with Gasteiger partial charge in [0.25, 0.3) is 0 Å². The monoisotopic (exact) mass is 354 g/mol. The van der Waals surface area contributed by atoms with E-state index in [9.17, 15) is 14.0 Å². The van der Waals surface area contributed by atoms with Crippen molar-refractivity contribution in [2.45, 2.75) is 26.2 Å². The van der Waals surface area contributed by atoms with Crippen molar-refractivity contribution in [3.05, 3.63) is 65.5 Å². The number of halogens is 1. The Hall–Kier alpha value is -2.69. The van der Waals surface area contributed by atoms with Crippen molar-refractivity contribution >= 4 is 17.5 Å². The van der Waals surface area contributed by atoms with Crippen molar-refractivity contribution in [2.75, 3.05) is 18.4 Å². The van der Waals surface area contributed by atoms with Crippen molar-refractivity contribution in [1.29, 1.82) is 0 Å². The Balaban J connectivity index is 1.49.